The number of hydrogen-bond donors (Lipinski definition) is 3. The lowest BCUT2D eigenvalue weighted by Gasteiger charge is -2.16. The second kappa shape index (κ2) is 7.74. The first-order chi connectivity index (χ1) is 14.1. The molecule has 3 aromatic rings. The third kappa shape index (κ3) is 3.26. The zero-order valence-corrected chi connectivity index (χ0v) is 17.9. The van der Waals surface area contributed by atoms with Gasteiger partial charge >= 0.3 is 5.69 Å². The van der Waals surface area contributed by atoms with Gasteiger partial charge in [0.15, 0.2) is 15.9 Å². The van der Waals surface area contributed by atoms with Gasteiger partial charge in [0.2, 0.25) is 11.8 Å². The van der Waals surface area contributed by atoms with E-state index in [1.165, 1.54) is 27.8 Å². The largest absolute Gasteiger partial charge is 0.494 e. The Morgan fingerprint density at radius 1 is 1.23 bits per heavy atom. The average Bonchev–Trinajstić information content (AvgIpc) is 3.03. The van der Waals surface area contributed by atoms with Gasteiger partial charge < -0.3 is 9.67 Å². The molecule has 3 aromatic heterocycles. The van der Waals surface area contributed by atoms with E-state index in [1.807, 2.05) is 13.8 Å². The summed E-state index contributed by atoms with van der Waals surface area (Å²) in [5.41, 5.74) is 1.36. The number of nitrogens with zero attached hydrogens (tertiary/aromatic N) is 6. The maximum Gasteiger partial charge on any atom is 0.332 e. The van der Waals surface area contributed by atoms with Crippen molar-refractivity contribution in [1.82, 2.24) is 28.2 Å². The summed E-state index contributed by atoms with van der Waals surface area (Å²) in [4.78, 5) is 43.5. The van der Waals surface area contributed by atoms with Crippen LogP contribution >= 0.6 is 12.2 Å². The zero-order chi connectivity index (χ0) is 22.3. The van der Waals surface area contributed by atoms with Gasteiger partial charge in [-0.05, 0) is 25.6 Å². The molecule has 0 aliphatic carbocycles. The number of aromatic amines is 1. The summed E-state index contributed by atoms with van der Waals surface area (Å²) in [6.07, 6.45) is 1.83. The monoisotopic (exact) mass is 434 g/mol. The van der Waals surface area contributed by atoms with Crippen LogP contribution < -0.4 is 22.2 Å². The molecule has 1 atom stereocenters. The van der Waals surface area contributed by atoms with Gasteiger partial charge in [-0.15, -0.1) is 0 Å². The molecule has 0 spiro atoms. The van der Waals surface area contributed by atoms with Crippen LogP contribution in [0.25, 0.3) is 11.2 Å². The van der Waals surface area contributed by atoms with Gasteiger partial charge in [-0.1, -0.05) is 6.92 Å². The molecular formula is C17H22N8O4S. The van der Waals surface area contributed by atoms with E-state index >= 15 is 0 Å². The first kappa shape index (κ1) is 21.2. The van der Waals surface area contributed by atoms with E-state index in [0.717, 1.165) is 10.8 Å². The zero-order valence-electron chi connectivity index (χ0n) is 17.1. The molecular weight excluding hydrogens is 412 g/mol. The highest BCUT2D eigenvalue weighted by molar-refractivity contribution is 7.71. The van der Waals surface area contributed by atoms with Gasteiger partial charge in [0.25, 0.3) is 11.1 Å². The lowest BCUT2D eigenvalue weighted by molar-refractivity contribution is 0.371. The third-order valence-corrected chi connectivity index (χ3v) is 5.32. The second-order valence-electron chi connectivity index (χ2n) is 6.87. The van der Waals surface area contributed by atoms with E-state index in [0.29, 0.717) is 6.42 Å². The molecule has 0 aliphatic rings. The Kier molecular flexibility index (Phi) is 5.48. The Hall–Kier alpha value is -3.48. The minimum Gasteiger partial charge on any atom is -0.494 e. The van der Waals surface area contributed by atoms with E-state index < -0.39 is 16.8 Å². The molecule has 0 unspecified atom stereocenters. The number of aromatic hydroxyl groups is 1. The molecule has 3 rings (SSSR count). The third-order valence-electron chi connectivity index (χ3n) is 5.02. The van der Waals surface area contributed by atoms with Crippen LogP contribution in [0.3, 0.4) is 0 Å². The number of fused-ring (bicyclic) bond motifs is 1. The summed E-state index contributed by atoms with van der Waals surface area (Å²) >= 11 is 5.13. The average molecular weight is 434 g/mol. The van der Waals surface area contributed by atoms with Crippen LogP contribution in [-0.4, -0.2) is 39.6 Å². The van der Waals surface area contributed by atoms with Crippen molar-refractivity contribution in [2.24, 2.45) is 26.2 Å². The van der Waals surface area contributed by atoms with Crippen molar-refractivity contribution in [3.05, 3.63) is 41.5 Å². The van der Waals surface area contributed by atoms with Crippen LogP contribution in [0.15, 0.2) is 19.5 Å². The van der Waals surface area contributed by atoms with Crippen LogP contribution in [-0.2, 0) is 21.1 Å². The van der Waals surface area contributed by atoms with Crippen molar-refractivity contribution in [1.29, 1.82) is 0 Å². The van der Waals surface area contributed by atoms with E-state index in [9.17, 15) is 19.5 Å². The summed E-state index contributed by atoms with van der Waals surface area (Å²) < 4.78 is 5.23. The molecule has 0 fully saturated rings. The number of anilines is 1. The Morgan fingerprint density at radius 3 is 2.53 bits per heavy atom. The lowest BCUT2D eigenvalue weighted by atomic mass is 10.2. The fraction of sp³-hybridized carbons (Fsp3) is 0.412. The normalized spacial score (nSPS) is 12.7. The highest BCUT2D eigenvalue weighted by atomic mass is 32.1. The molecule has 160 valence electrons. The van der Waals surface area contributed by atoms with Gasteiger partial charge in [-0.25, -0.2) is 10.2 Å². The number of nitrogens with one attached hydrogen (secondary N) is 2. The van der Waals surface area contributed by atoms with Gasteiger partial charge in [0.1, 0.15) is 5.56 Å². The first-order valence-electron chi connectivity index (χ1n) is 9.09. The topological polar surface area (TPSA) is 144 Å². The molecule has 30 heavy (non-hydrogen) atoms. The molecule has 0 saturated heterocycles. The molecule has 0 radical (unpaired) electrons. The molecule has 0 aliphatic heterocycles. The smallest absolute Gasteiger partial charge is 0.332 e. The molecule has 3 heterocycles. The molecule has 0 aromatic carbocycles. The lowest BCUT2D eigenvalue weighted by Crippen LogP contribution is -2.37. The van der Waals surface area contributed by atoms with Crippen LogP contribution in [0.2, 0.25) is 0 Å². The summed E-state index contributed by atoms with van der Waals surface area (Å²) in [5, 5.41) is 14.5. The van der Waals surface area contributed by atoms with Crippen molar-refractivity contribution < 1.29 is 5.11 Å². The number of H-pyrrole nitrogens is 1. The Morgan fingerprint density at radius 2 is 1.90 bits per heavy atom. The fourth-order valence-electron chi connectivity index (χ4n) is 3.03. The van der Waals surface area contributed by atoms with Crippen molar-refractivity contribution in [3.8, 4) is 5.88 Å². The number of aryl methyl sites for hydroxylation is 2. The predicted molar refractivity (Wildman–Crippen MR) is 115 cm³/mol. The van der Waals surface area contributed by atoms with Crippen molar-refractivity contribution >= 4 is 35.5 Å². The maximum absolute atomic E-state index is 12.4. The molecule has 12 nitrogen and oxygen atoms in total. The van der Waals surface area contributed by atoms with Crippen LogP contribution in [0.5, 0.6) is 5.88 Å². The standard InChI is InChI=1S/C17H22N8O4S/c1-6-8(2)25-13(27)9(12(26)20-16(25)30)7-18-21-15-19-11-10(22(15)3)14(28)24(5)17(29)23(11)4/h7-8,27H,6H2,1-5H3,(H,19,21)(H,20,26,30)/t8-/m1/s1. The molecule has 3 N–H and O–H groups in total. The first-order valence-corrected chi connectivity index (χ1v) is 9.50. The minimum absolute atomic E-state index is 0.0847. The number of hydrogen-bond acceptors (Lipinski definition) is 8. The number of hydrazone groups is 1. The van der Waals surface area contributed by atoms with Crippen LogP contribution in [0, 0.1) is 4.77 Å². The Bertz CT molecular complexity index is 1400. The van der Waals surface area contributed by atoms with E-state index in [4.69, 9.17) is 12.2 Å². The Labute approximate surface area is 174 Å². The summed E-state index contributed by atoms with van der Waals surface area (Å²) in [7, 11) is 4.48. The van der Waals surface area contributed by atoms with Crippen LogP contribution in [0.1, 0.15) is 31.9 Å². The van der Waals surface area contributed by atoms with Crippen molar-refractivity contribution in [2.45, 2.75) is 26.3 Å². The van der Waals surface area contributed by atoms with Crippen molar-refractivity contribution in [2.75, 3.05) is 5.43 Å². The van der Waals surface area contributed by atoms with E-state index in [-0.39, 0.29) is 39.4 Å². The molecule has 0 saturated carbocycles. The van der Waals surface area contributed by atoms with Gasteiger partial charge in [0.05, 0.1) is 6.21 Å². The fourth-order valence-corrected chi connectivity index (χ4v) is 3.39. The highest BCUT2D eigenvalue weighted by Gasteiger charge is 2.17. The number of aromatic nitrogens is 6. The molecule has 13 heteroatoms. The van der Waals surface area contributed by atoms with Gasteiger partial charge in [-0.2, -0.15) is 10.1 Å². The second-order valence-corrected chi connectivity index (χ2v) is 7.25. The van der Waals surface area contributed by atoms with Gasteiger partial charge in [-0.3, -0.25) is 28.3 Å². The molecule has 0 amide bonds. The highest BCUT2D eigenvalue weighted by Crippen LogP contribution is 2.20. The Balaban J connectivity index is 2.05. The minimum atomic E-state index is -0.594. The van der Waals surface area contributed by atoms with E-state index in [2.05, 4.69) is 20.5 Å². The summed E-state index contributed by atoms with van der Waals surface area (Å²) in [5.74, 6) is -0.130. The van der Waals surface area contributed by atoms with Gasteiger partial charge in [0, 0.05) is 27.2 Å². The van der Waals surface area contributed by atoms with Crippen LogP contribution in [0.4, 0.5) is 5.95 Å². The SMILES string of the molecule is CC[C@@H](C)n1c(O)c(C=NNc2nc3c(c(=O)n(C)c(=O)n3C)n2C)c(=O)[nH]c1=S. The summed E-state index contributed by atoms with van der Waals surface area (Å²) in [6.45, 7) is 3.78. The summed E-state index contributed by atoms with van der Waals surface area (Å²) in [6, 6.07) is -0.133. The predicted octanol–water partition coefficient (Wildman–Crippen LogP) is 0.313. The molecule has 0 bridgehead atoms. The number of rotatable bonds is 5. The van der Waals surface area contributed by atoms with E-state index in [1.54, 1.807) is 7.05 Å². The maximum atomic E-state index is 12.4. The quantitative estimate of drug-likeness (QED) is 0.298. The van der Waals surface area contributed by atoms with Crippen molar-refractivity contribution in [3.63, 3.8) is 0 Å². The number of imidazole rings is 1.